The zero-order valence-corrected chi connectivity index (χ0v) is 21.2. The van der Waals surface area contributed by atoms with Gasteiger partial charge in [-0.15, -0.1) is 10.2 Å². The molecule has 0 aliphatic rings. The Bertz CT molecular complexity index is 1590. The third-order valence-electron chi connectivity index (χ3n) is 6.53. The Balaban J connectivity index is 1.63. The van der Waals surface area contributed by atoms with Crippen LogP contribution in [0.1, 0.15) is 62.1 Å². The van der Waals surface area contributed by atoms with Gasteiger partial charge in [-0.2, -0.15) is 4.98 Å². The summed E-state index contributed by atoms with van der Waals surface area (Å²) in [5, 5.41) is 24.0. The predicted octanol–water partition coefficient (Wildman–Crippen LogP) is 5.19. The Kier molecular flexibility index (Phi) is 6.85. The molecule has 0 saturated carbocycles. The van der Waals surface area contributed by atoms with E-state index < -0.39 is 11.4 Å². The van der Waals surface area contributed by atoms with Crippen molar-refractivity contribution in [2.45, 2.75) is 59.3 Å². The zero-order chi connectivity index (χ0) is 25.9. The normalized spacial score (nSPS) is 11.4. The molecule has 5 aromatic rings. The molecule has 9 nitrogen and oxygen atoms in total. The van der Waals surface area contributed by atoms with Gasteiger partial charge in [-0.25, -0.2) is 0 Å². The van der Waals surface area contributed by atoms with Crippen molar-refractivity contribution in [2.75, 3.05) is 0 Å². The standard InChI is InChI=1S/C28H29N5O4/c1-4-7-15-22-29-26(34)24(28(35)33(22)25-17(5-2)11-10-12-18(25)6-3)27-31-30-23(36-27)16-20-19-13-8-9-14-21(19)37-32-20/h8-14,34H,4-7,15-16H2,1-3H3. The largest absolute Gasteiger partial charge is 0.493 e. The fourth-order valence-corrected chi connectivity index (χ4v) is 4.61. The number of aromatic hydroxyl groups is 1. The molecule has 9 heteroatoms. The van der Waals surface area contributed by atoms with Crippen LogP contribution in [0.25, 0.3) is 28.1 Å². The van der Waals surface area contributed by atoms with E-state index >= 15 is 0 Å². The molecule has 0 atom stereocenters. The number of para-hydroxylation sites is 2. The number of rotatable bonds is 9. The van der Waals surface area contributed by atoms with Gasteiger partial charge in [0.15, 0.2) is 11.1 Å². The second kappa shape index (κ2) is 10.4. The van der Waals surface area contributed by atoms with Crippen molar-refractivity contribution in [1.82, 2.24) is 24.9 Å². The molecule has 3 aromatic heterocycles. The number of hydrogen-bond acceptors (Lipinski definition) is 8. The molecule has 3 heterocycles. The first kappa shape index (κ1) is 24.4. The van der Waals surface area contributed by atoms with Gasteiger partial charge in [0.05, 0.1) is 12.1 Å². The van der Waals surface area contributed by atoms with Crippen molar-refractivity contribution < 1.29 is 14.0 Å². The van der Waals surface area contributed by atoms with E-state index in [2.05, 4.69) is 41.1 Å². The molecule has 190 valence electrons. The lowest BCUT2D eigenvalue weighted by atomic mass is 10.0. The number of aromatic nitrogens is 5. The first-order valence-corrected chi connectivity index (χ1v) is 12.7. The van der Waals surface area contributed by atoms with E-state index in [0.29, 0.717) is 23.5 Å². The summed E-state index contributed by atoms with van der Waals surface area (Å²) in [7, 11) is 0. The lowest BCUT2D eigenvalue weighted by Crippen LogP contribution is -2.27. The third-order valence-corrected chi connectivity index (χ3v) is 6.53. The Labute approximate surface area is 213 Å². The van der Waals surface area contributed by atoms with E-state index in [0.717, 1.165) is 47.9 Å². The predicted molar refractivity (Wildman–Crippen MR) is 139 cm³/mol. The molecule has 0 aliphatic carbocycles. The van der Waals surface area contributed by atoms with Crippen LogP contribution in [0.2, 0.25) is 0 Å². The summed E-state index contributed by atoms with van der Waals surface area (Å²) in [6, 6.07) is 13.5. The fraction of sp³-hybridized carbons (Fsp3) is 0.321. The molecule has 5 rings (SSSR count). The minimum atomic E-state index is -0.434. The van der Waals surface area contributed by atoms with E-state index in [1.54, 1.807) is 4.57 Å². The minimum absolute atomic E-state index is 0.0828. The summed E-state index contributed by atoms with van der Waals surface area (Å²) in [4.78, 5) is 18.5. The van der Waals surface area contributed by atoms with E-state index in [1.807, 2.05) is 42.5 Å². The molecule has 0 amide bonds. The highest BCUT2D eigenvalue weighted by Gasteiger charge is 2.25. The molecule has 0 bridgehead atoms. The first-order valence-electron chi connectivity index (χ1n) is 12.7. The SMILES string of the molecule is CCCCc1nc(O)c(-c2nnc(Cc3noc4ccccc34)o2)c(=O)n1-c1c(CC)cccc1CC. The van der Waals surface area contributed by atoms with Crippen LogP contribution >= 0.6 is 0 Å². The van der Waals surface area contributed by atoms with Crippen LogP contribution in [-0.2, 0) is 25.7 Å². The van der Waals surface area contributed by atoms with Crippen molar-refractivity contribution >= 4 is 11.0 Å². The Morgan fingerprint density at radius 2 is 1.73 bits per heavy atom. The van der Waals surface area contributed by atoms with E-state index in [9.17, 15) is 9.90 Å². The van der Waals surface area contributed by atoms with Crippen LogP contribution in [0.3, 0.4) is 0 Å². The highest BCUT2D eigenvalue weighted by molar-refractivity contribution is 5.79. The number of nitrogens with zero attached hydrogens (tertiary/aromatic N) is 5. The summed E-state index contributed by atoms with van der Waals surface area (Å²) in [5.41, 5.74) is 3.62. The van der Waals surface area contributed by atoms with Gasteiger partial charge in [0.1, 0.15) is 11.5 Å². The van der Waals surface area contributed by atoms with E-state index in [4.69, 9.17) is 8.94 Å². The summed E-state index contributed by atoms with van der Waals surface area (Å²) in [5.74, 6) is 0.261. The maximum atomic E-state index is 14.0. The molecular formula is C28H29N5O4. The van der Waals surface area contributed by atoms with Crippen molar-refractivity contribution in [3.05, 3.63) is 81.4 Å². The minimum Gasteiger partial charge on any atom is -0.493 e. The molecule has 0 unspecified atom stereocenters. The second-order valence-electron chi connectivity index (χ2n) is 8.91. The molecule has 0 fully saturated rings. The number of fused-ring (bicyclic) bond motifs is 1. The van der Waals surface area contributed by atoms with Gasteiger partial charge >= 0.3 is 0 Å². The lowest BCUT2D eigenvalue weighted by Gasteiger charge is -2.19. The average molecular weight is 500 g/mol. The van der Waals surface area contributed by atoms with Gasteiger partial charge < -0.3 is 14.0 Å². The van der Waals surface area contributed by atoms with Crippen molar-refractivity contribution in [3.63, 3.8) is 0 Å². The maximum absolute atomic E-state index is 14.0. The highest BCUT2D eigenvalue weighted by atomic mass is 16.5. The van der Waals surface area contributed by atoms with Crippen LogP contribution in [0.4, 0.5) is 0 Å². The maximum Gasteiger partial charge on any atom is 0.274 e. The Morgan fingerprint density at radius 1 is 0.973 bits per heavy atom. The van der Waals surface area contributed by atoms with Crippen LogP contribution in [-0.4, -0.2) is 30.0 Å². The number of benzene rings is 2. The second-order valence-corrected chi connectivity index (χ2v) is 8.91. The van der Waals surface area contributed by atoms with Crippen LogP contribution in [0.5, 0.6) is 5.88 Å². The lowest BCUT2D eigenvalue weighted by molar-refractivity contribution is 0.435. The number of hydrogen-bond donors (Lipinski definition) is 1. The van der Waals surface area contributed by atoms with Crippen LogP contribution in [0.15, 0.2) is 56.2 Å². The molecule has 0 saturated heterocycles. The van der Waals surface area contributed by atoms with Gasteiger partial charge in [0, 0.05) is 11.8 Å². The topological polar surface area (TPSA) is 120 Å². The molecule has 2 aromatic carbocycles. The first-order chi connectivity index (χ1) is 18.0. The van der Waals surface area contributed by atoms with Crippen molar-refractivity contribution in [1.29, 1.82) is 0 Å². The highest BCUT2D eigenvalue weighted by Crippen LogP contribution is 2.29. The molecular weight excluding hydrogens is 470 g/mol. The van der Waals surface area contributed by atoms with Crippen LogP contribution < -0.4 is 5.56 Å². The monoisotopic (exact) mass is 499 g/mol. The van der Waals surface area contributed by atoms with E-state index in [1.165, 1.54) is 0 Å². The van der Waals surface area contributed by atoms with Gasteiger partial charge in [0.25, 0.3) is 11.4 Å². The zero-order valence-electron chi connectivity index (χ0n) is 21.2. The Hall–Kier alpha value is -4.27. The Morgan fingerprint density at radius 3 is 2.46 bits per heavy atom. The average Bonchev–Trinajstić information content (AvgIpc) is 3.54. The number of aryl methyl sites for hydroxylation is 3. The summed E-state index contributed by atoms with van der Waals surface area (Å²) in [6.45, 7) is 6.19. The third kappa shape index (κ3) is 4.52. The molecule has 37 heavy (non-hydrogen) atoms. The summed E-state index contributed by atoms with van der Waals surface area (Å²) in [6.07, 6.45) is 4.02. The smallest absolute Gasteiger partial charge is 0.274 e. The van der Waals surface area contributed by atoms with Crippen molar-refractivity contribution in [2.24, 2.45) is 0 Å². The van der Waals surface area contributed by atoms with Gasteiger partial charge in [-0.3, -0.25) is 9.36 Å². The number of unbranched alkanes of at least 4 members (excludes halogenated alkanes) is 1. The molecule has 0 radical (unpaired) electrons. The van der Waals surface area contributed by atoms with Crippen LogP contribution in [0, 0.1) is 0 Å². The summed E-state index contributed by atoms with van der Waals surface area (Å²) < 4.78 is 12.8. The summed E-state index contributed by atoms with van der Waals surface area (Å²) >= 11 is 0. The fourth-order valence-electron chi connectivity index (χ4n) is 4.61. The molecule has 0 aliphatic heterocycles. The van der Waals surface area contributed by atoms with Gasteiger partial charge in [0.2, 0.25) is 11.8 Å². The molecule has 1 N–H and O–H groups in total. The van der Waals surface area contributed by atoms with Gasteiger partial charge in [-0.1, -0.05) is 62.7 Å². The molecule has 0 spiro atoms. The van der Waals surface area contributed by atoms with Crippen molar-refractivity contribution in [3.8, 4) is 23.0 Å². The van der Waals surface area contributed by atoms with Gasteiger partial charge in [-0.05, 0) is 42.5 Å². The van der Waals surface area contributed by atoms with E-state index in [-0.39, 0.29) is 23.8 Å². The quantitative estimate of drug-likeness (QED) is 0.294.